The minimum absolute atomic E-state index is 0.0897. The molecule has 1 rings (SSSR count). The smallest absolute Gasteiger partial charge is 0.404 e. The van der Waals surface area contributed by atoms with Gasteiger partial charge in [0.1, 0.15) is 6.10 Å². The first-order valence-corrected chi connectivity index (χ1v) is 4.65. The van der Waals surface area contributed by atoms with Crippen molar-refractivity contribution < 1.29 is 9.53 Å². The Hall–Kier alpha value is -0.280. The topological polar surface area (TPSA) is 29.5 Å². The Morgan fingerprint density at radius 2 is 2.17 bits per heavy atom. The molecule has 1 atom stereocenters. The van der Waals surface area contributed by atoms with Crippen molar-refractivity contribution in [1.82, 2.24) is 4.90 Å². The van der Waals surface area contributed by atoms with Crippen LogP contribution in [0.3, 0.4) is 0 Å². The molecule has 0 N–H and O–H groups in total. The molecule has 0 aromatic carbocycles. The van der Waals surface area contributed by atoms with Crippen LogP contribution in [0.1, 0.15) is 19.8 Å². The van der Waals surface area contributed by atoms with E-state index in [1.165, 1.54) is 12.8 Å². The van der Waals surface area contributed by atoms with Crippen LogP contribution in [0.4, 0.5) is 4.79 Å². The highest BCUT2D eigenvalue weighted by Crippen LogP contribution is 2.09. The van der Waals surface area contributed by atoms with Crippen LogP contribution in [0.5, 0.6) is 0 Å². The fraction of sp³-hybridized carbons (Fsp3) is 0.875. The predicted octanol–water partition coefficient (Wildman–Crippen LogP) is 1.85. The van der Waals surface area contributed by atoms with E-state index in [0.717, 1.165) is 19.6 Å². The van der Waals surface area contributed by atoms with Crippen LogP contribution in [0.15, 0.2) is 0 Å². The third-order valence-electron chi connectivity index (χ3n) is 2.01. The lowest BCUT2D eigenvalue weighted by molar-refractivity contribution is 0.105. The van der Waals surface area contributed by atoms with E-state index in [9.17, 15) is 4.79 Å². The molecule has 1 heterocycles. The van der Waals surface area contributed by atoms with Crippen LogP contribution in [0.25, 0.3) is 0 Å². The molecule has 0 radical (unpaired) electrons. The maximum absolute atomic E-state index is 10.4. The van der Waals surface area contributed by atoms with E-state index >= 15 is 0 Å². The van der Waals surface area contributed by atoms with E-state index < -0.39 is 5.43 Å². The molecular weight excluding hydrogens is 178 g/mol. The van der Waals surface area contributed by atoms with Gasteiger partial charge in [-0.3, -0.25) is 4.90 Å². The molecule has 1 fully saturated rings. The normalized spacial score (nSPS) is 20.8. The molecule has 3 nitrogen and oxygen atoms in total. The fourth-order valence-corrected chi connectivity index (χ4v) is 1.68. The average molecular weight is 192 g/mol. The van der Waals surface area contributed by atoms with Crippen molar-refractivity contribution in [2.24, 2.45) is 0 Å². The second-order valence-electron chi connectivity index (χ2n) is 3.17. The number of hydrogen-bond acceptors (Lipinski definition) is 3. The van der Waals surface area contributed by atoms with Crippen LogP contribution in [-0.2, 0) is 4.74 Å². The lowest BCUT2D eigenvalue weighted by Gasteiger charge is -2.18. The lowest BCUT2D eigenvalue weighted by atomic mass is 10.4. The van der Waals surface area contributed by atoms with Crippen molar-refractivity contribution >= 4 is 17.0 Å². The maximum atomic E-state index is 10.4. The first-order valence-electron chi connectivity index (χ1n) is 4.27. The predicted molar refractivity (Wildman–Crippen MR) is 47.5 cm³/mol. The van der Waals surface area contributed by atoms with E-state index in [1.54, 1.807) is 0 Å². The van der Waals surface area contributed by atoms with E-state index in [0.29, 0.717) is 0 Å². The highest BCUT2D eigenvalue weighted by molar-refractivity contribution is 6.61. The van der Waals surface area contributed by atoms with Crippen LogP contribution in [0.2, 0.25) is 0 Å². The van der Waals surface area contributed by atoms with Gasteiger partial charge >= 0.3 is 5.43 Å². The Balaban J connectivity index is 2.16. The van der Waals surface area contributed by atoms with Gasteiger partial charge in [-0.25, -0.2) is 4.79 Å². The Kier molecular flexibility index (Phi) is 3.82. The minimum atomic E-state index is -0.707. The minimum Gasteiger partial charge on any atom is -0.449 e. The van der Waals surface area contributed by atoms with Gasteiger partial charge in [-0.15, -0.1) is 0 Å². The van der Waals surface area contributed by atoms with E-state index in [2.05, 4.69) is 4.90 Å². The number of ether oxygens (including phenoxy) is 1. The molecule has 12 heavy (non-hydrogen) atoms. The van der Waals surface area contributed by atoms with Crippen molar-refractivity contribution in [1.29, 1.82) is 0 Å². The molecule has 0 spiro atoms. The average Bonchev–Trinajstić information content (AvgIpc) is 2.37. The molecular formula is C8H14ClNO2. The highest BCUT2D eigenvalue weighted by Gasteiger charge is 2.16. The molecule has 0 aromatic heterocycles. The zero-order valence-electron chi connectivity index (χ0n) is 7.25. The molecule has 0 aromatic rings. The number of carbonyl (C=O) groups excluding carboxylic acids is 1. The van der Waals surface area contributed by atoms with Crippen LogP contribution in [-0.4, -0.2) is 36.1 Å². The summed E-state index contributed by atoms with van der Waals surface area (Å²) in [5, 5.41) is 0. The van der Waals surface area contributed by atoms with Gasteiger partial charge < -0.3 is 4.74 Å². The van der Waals surface area contributed by atoms with Crippen molar-refractivity contribution in [2.45, 2.75) is 25.9 Å². The standard InChI is InChI=1S/C8H14ClNO2/c1-7(12-8(9)11)6-10-4-2-3-5-10/h7H,2-6H2,1H3. The van der Waals surface area contributed by atoms with Gasteiger partial charge in [0.05, 0.1) is 0 Å². The van der Waals surface area contributed by atoms with Crippen LogP contribution < -0.4 is 0 Å². The Bertz CT molecular complexity index is 157. The molecule has 70 valence electrons. The summed E-state index contributed by atoms with van der Waals surface area (Å²) in [6, 6.07) is 0. The zero-order chi connectivity index (χ0) is 8.97. The summed E-state index contributed by atoms with van der Waals surface area (Å²) in [6.07, 6.45) is 2.41. The summed E-state index contributed by atoms with van der Waals surface area (Å²) in [4.78, 5) is 12.6. The third kappa shape index (κ3) is 3.41. The third-order valence-corrected chi connectivity index (χ3v) is 2.10. The van der Waals surface area contributed by atoms with Gasteiger partial charge in [-0.1, -0.05) is 0 Å². The van der Waals surface area contributed by atoms with Gasteiger partial charge in [0.15, 0.2) is 0 Å². The Labute approximate surface area is 77.6 Å². The molecule has 0 amide bonds. The van der Waals surface area contributed by atoms with Crippen molar-refractivity contribution in [2.75, 3.05) is 19.6 Å². The summed E-state index contributed by atoms with van der Waals surface area (Å²) in [7, 11) is 0. The fourth-order valence-electron chi connectivity index (χ4n) is 1.52. The number of hydrogen-bond donors (Lipinski definition) is 0. The van der Waals surface area contributed by atoms with E-state index in [1.807, 2.05) is 6.92 Å². The molecule has 4 heteroatoms. The summed E-state index contributed by atoms with van der Waals surface area (Å²) < 4.78 is 4.80. The quantitative estimate of drug-likeness (QED) is 0.638. The van der Waals surface area contributed by atoms with Crippen molar-refractivity contribution in [3.8, 4) is 0 Å². The van der Waals surface area contributed by atoms with Crippen molar-refractivity contribution in [3.05, 3.63) is 0 Å². The molecule has 1 saturated heterocycles. The number of rotatable bonds is 3. The molecule has 0 saturated carbocycles. The second-order valence-corrected chi connectivity index (χ2v) is 3.48. The first kappa shape index (κ1) is 9.81. The van der Waals surface area contributed by atoms with E-state index in [-0.39, 0.29) is 6.10 Å². The summed E-state index contributed by atoms with van der Waals surface area (Å²) in [6.45, 7) is 4.89. The van der Waals surface area contributed by atoms with Gasteiger partial charge in [-0.05, 0) is 32.9 Å². The molecule has 0 bridgehead atoms. The van der Waals surface area contributed by atoms with Gasteiger partial charge in [0, 0.05) is 18.1 Å². The molecule has 1 aliphatic rings. The van der Waals surface area contributed by atoms with Gasteiger partial charge in [0.25, 0.3) is 0 Å². The first-order chi connectivity index (χ1) is 5.68. The van der Waals surface area contributed by atoms with Crippen LogP contribution in [0, 0.1) is 0 Å². The molecule has 0 aliphatic carbocycles. The number of likely N-dealkylation sites (tertiary alicyclic amines) is 1. The SMILES string of the molecule is CC(CN1CCCC1)OC(=O)Cl. The van der Waals surface area contributed by atoms with E-state index in [4.69, 9.17) is 16.3 Å². The number of carbonyl (C=O) groups is 1. The lowest BCUT2D eigenvalue weighted by Crippen LogP contribution is -2.30. The summed E-state index contributed by atoms with van der Waals surface area (Å²) in [5.41, 5.74) is -0.707. The molecule has 1 aliphatic heterocycles. The van der Waals surface area contributed by atoms with Crippen molar-refractivity contribution in [3.63, 3.8) is 0 Å². The number of halogens is 1. The second kappa shape index (κ2) is 4.67. The van der Waals surface area contributed by atoms with Crippen LogP contribution >= 0.6 is 11.6 Å². The zero-order valence-corrected chi connectivity index (χ0v) is 8.01. The molecule has 1 unspecified atom stereocenters. The monoisotopic (exact) mass is 191 g/mol. The van der Waals surface area contributed by atoms with Gasteiger partial charge in [-0.2, -0.15) is 0 Å². The largest absolute Gasteiger partial charge is 0.449 e. The Morgan fingerprint density at radius 3 is 2.67 bits per heavy atom. The summed E-state index contributed by atoms with van der Waals surface area (Å²) >= 11 is 5.08. The number of nitrogens with zero attached hydrogens (tertiary/aromatic N) is 1. The van der Waals surface area contributed by atoms with Gasteiger partial charge in [0.2, 0.25) is 0 Å². The maximum Gasteiger partial charge on any atom is 0.404 e. The summed E-state index contributed by atoms with van der Waals surface area (Å²) in [5.74, 6) is 0. The Morgan fingerprint density at radius 1 is 1.58 bits per heavy atom. The highest BCUT2D eigenvalue weighted by atomic mass is 35.5.